The van der Waals surface area contributed by atoms with Crippen molar-refractivity contribution in [3.63, 3.8) is 0 Å². The lowest BCUT2D eigenvalue weighted by molar-refractivity contribution is -0.119. The first-order valence-electron chi connectivity index (χ1n) is 11.8. The summed E-state index contributed by atoms with van der Waals surface area (Å²) in [5, 5.41) is 14.4. The summed E-state index contributed by atoms with van der Waals surface area (Å²) in [4.78, 5) is 18.3. The number of anilines is 2. The summed E-state index contributed by atoms with van der Waals surface area (Å²) >= 11 is 1.66. The summed E-state index contributed by atoms with van der Waals surface area (Å²) in [6.45, 7) is 7.34. The van der Waals surface area contributed by atoms with Crippen LogP contribution in [-0.2, 0) is 9.53 Å². The number of fused-ring (bicyclic) bond motifs is 1. The van der Waals surface area contributed by atoms with Crippen LogP contribution in [0.15, 0.2) is 24.4 Å². The van der Waals surface area contributed by atoms with E-state index in [4.69, 9.17) is 9.72 Å². The molecule has 176 valence electrons. The van der Waals surface area contributed by atoms with Gasteiger partial charge in [-0.15, -0.1) is 11.3 Å². The second-order valence-electron chi connectivity index (χ2n) is 9.93. The Kier molecular flexibility index (Phi) is 6.01. The smallest absolute Gasteiger partial charge is 0.239 e. The lowest BCUT2D eigenvalue weighted by Gasteiger charge is -2.24. The molecule has 3 aromatic rings. The molecule has 1 amide bonds. The normalized spacial score (nSPS) is 18.9. The van der Waals surface area contributed by atoms with Crippen LogP contribution in [0.4, 0.5) is 11.5 Å². The highest BCUT2D eigenvalue weighted by atomic mass is 32.1. The molecule has 1 aliphatic heterocycles. The standard InChI is InChI=1S/C24H32N6O2S/c1-24(2,3)29-20-13-16(25-14-21(31)27-15-7-8-15)23-17(28-20)12-19(33-23)18-9-10-26-30(18)22-6-4-5-11-32-22/h9-10,12-13,15,22H,4-8,11,14H2,1-3H3,(H,27,31)(H2,25,28,29). The van der Waals surface area contributed by atoms with Crippen molar-refractivity contribution in [1.82, 2.24) is 20.1 Å². The van der Waals surface area contributed by atoms with Crippen LogP contribution in [0, 0.1) is 0 Å². The van der Waals surface area contributed by atoms with Crippen molar-refractivity contribution < 1.29 is 9.53 Å². The maximum Gasteiger partial charge on any atom is 0.239 e. The molecule has 33 heavy (non-hydrogen) atoms. The van der Waals surface area contributed by atoms with E-state index >= 15 is 0 Å². The number of rotatable bonds is 7. The number of thiophene rings is 1. The first-order valence-corrected chi connectivity index (χ1v) is 12.6. The summed E-state index contributed by atoms with van der Waals surface area (Å²) in [6.07, 6.45) is 7.20. The minimum absolute atomic E-state index is 0.0243. The van der Waals surface area contributed by atoms with E-state index in [1.165, 1.54) is 0 Å². The fourth-order valence-electron chi connectivity index (χ4n) is 4.06. The molecule has 2 aliphatic rings. The average molecular weight is 469 g/mol. The first kappa shape index (κ1) is 22.2. The van der Waals surface area contributed by atoms with Crippen molar-refractivity contribution in [3.8, 4) is 10.6 Å². The number of nitrogens with one attached hydrogen (secondary N) is 3. The van der Waals surface area contributed by atoms with E-state index < -0.39 is 0 Å². The predicted molar refractivity (Wildman–Crippen MR) is 133 cm³/mol. The number of aromatic nitrogens is 3. The van der Waals surface area contributed by atoms with Crippen LogP contribution in [0.5, 0.6) is 0 Å². The van der Waals surface area contributed by atoms with Crippen LogP contribution in [0.2, 0.25) is 0 Å². The third-order valence-corrected chi connectivity index (χ3v) is 6.90. The highest BCUT2D eigenvalue weighted by Crippen LogP contribution is 2.39. The van der Waals surface area contributed by atoms with Gasteiger partial charge in [-0.1, -0.05) is 0 Å². The highest BCUT2D eigenvalue weighted by molar-refractivity contribution is 7.22. The zero-order valence-electron chi connectivity index (χ0n) is 19.5. The molecule has 1 aliphatic carbocycles. The van der Waals surface area contributed by atoms with Gasteiger partial charge in [-0.3, -0.25) is 4.79 Å². The van der Waals surface area contributed by atoms with Crippen LogP contribution in [0.3, 0.4) is 0 Å². The molecule has 8 nitrogen and oxygen atoms in total. The molecule has 0 aromatic carbocycles. The van der Waals surface area contributed by atoms with Crippen LogP contribution in [-0.4, -0.2) is 45.4 Å². The molecule has 1 saturated heterocycles. The van der Waals surface area contributed by atoms with Gasteiger partial charge in [0.25, 0.3) is 0 Å². The van der Waals surface area contributed by atoms with Gasteiger partial charge in [0, 0.05) is 30.5 Å². The molecule has 9 heteroatoms. The number of pyridine rings is 1. The quantitative estimate of drug-likeness (QED) is 0.463. The molecule has 0 radical (unpaired) electrons. The van der Waals surface area contributed by atoms with E-state index in [1.807, 2.05) is 23.0 Å². The number of carbonyl (C=O) groups excluding carboxylic acids is 1. The fraction of sp³-hybridized carbons (Fsp3) is 0.542. The molecule has 1 atom stereocenters. The molecule has 4 heterocycles. The van der Waals surface area contributed by atoms with E-state index in [1.54, 1.807) is 11.3 Å². The Morgan fingerprint density at radius 1 is 1.24 bits per heavy atom. The van der Waals surface area contributed by atoms with E-state index in [0.29, 0.717) is 6.04 Å². The second-order valence-corrected chi connectivity index (χ2v) is 11.0. The Hall–Kier alpha value is -2.65. The lowest BCUT2D eigenvalue weighted by atomic mass is 10.1. The molecule has 5 rings (SSSR count). The number of amides is 1. The van der Waals surface area contributed by atoms with Crippen molar-refractivity contribution in [2.24, 2.45) is 0 Å². The van der Waals surface area contributed by atoms with Gasteiger partial charge in [0.1, 0.15) is 5.82 Å². The molecule has 2 fully saturated rings. The Balaban J connectivity index is 1.47. The third-order valence-electron chi connectivity index (χ3n) is 5.72. The number of carbonyl (C=O) groups is 1. The number of hydrogen-bond donors (Lipinski definition) is 3. The molecule has 1 saturated carbocycles. The van der Waals surface area contributed by atoms with Gasteiger partial charge in [-0.05, 0) is 65.0 Å². The topological polar surface area (TPSA) is 93.1 Å². The summed E-state index contributed by atoms with van der Waals surface area (Å²) in [5.41, 5.74) is 2.71. The van der Waals surface area contributed by atoms with Gasteiger partial charge >= 0.3 is 0 Å². The molecular weight excluding hydrogens is 436 g/mol. The third kappa shape index (κ3) is 5.30. The summed E-state index contributed by atoms with van der Waals surface area (Å²) in [5.74, 6) is 0.811. The Bertz CT molecular complexity index is 1140. The molecule has 3 aromatic heterocycles. The molecule has 1 unspecified atom stereocenters. The first-order chi connectivity index (χ1) is 15.9. The largest absolute Gasteiger partial charge is 0.375 e. The Morgan fingerprint density at radius 2 is 2.09 bits per heavy atom. The summed E-state index contributed by atoms with van der Waals surface area (Å²) in [7, 11) is 0. The van der Waals surface area contributed by atoms with Gasteiger partial charge in [0.2, 0.25) is 5.91 Å². The van der Waals surface area contributed by atoms with Crippen LogP contribution in [0.1, 0.15) is 59.1 Å². The van der Waals surface area contributed by atoms with Gasteiger partial charge in [0.05, 0.1) is 33.0 Å². The number of ether oxygens (including phenoxy) is 1. The van der Waals surface area contributed by atoms with E-state index in [0.717, 1.165) is 71.0 Å². The molecule has 0 spiro atoms. The van der Waals surface area contributed by atoms with Crippen LogP contribution in [0.25, 0.3) is 20.8 Å². The lowest BCUT2D eigenvalue weighted by Crippen LogP contribution is -2.31. The van der Waals surface area contributed by atoms with E-state index in [9.17, 15) is 4.79 Å². The maximum atomic E-state index is 12.3. The number of nitrogens with zero attached hydrogens (tertiary/aromatic N) is 3. The minimum Gasteiger partial charge on any atom is -0.375 e. The van der Waals surface area contributed by atoms with Gasteiger partial charge < -0.3 is 20.7 Å². The fourth-order valence-corrected chi connectivity index (χ4v) is 5.17. The summed E-state index contributed by atoms with van der Waals surface area (Å²) in [6, 6.07) is 6.50. The van der Waals surface area contributed by atoms with Crippen molar-refractivity contribution in [2.75, 3.05) is 23.8 Å². The predicted octanol–water partition coefficient (Wildman–Crippen LogP) is 4.76. The van der Waals surface area contributed by atoms with Gasteiger partial charge in [0.15, 0.2) is 6.23 Å². The van der Waals surface area contributed by atoms with E-state index in [2.05, 4.69) is 47.9 Å². The van der Waals surface area contributed by atoms with Crippen molar-refractivity contribution >= 4 is 39.0 Å². The molecular formula is C24H32N6O2S. The highest BCUT2D eigenvalue weighted by Gasteiger charge is 2.24. The maximum absolute atomic E-state index is 12.3. The van der Waals surface area contributed by atoms with Crippen LogP contribution < -0.4 is 16.0 Å². The average Bonchev–Trinajstić information content (AvgIpc) is 3.27. The van der Waals surface area contributed by atoms with Crippen molar-refractivity contribution in [3.05, 3.63) is 24.4 Å². The van der Waals surface area contributed by atoms with Crippen molar-refractivity contribution in [2.45, 2.75) is 70.7 Å². The van der Waals surface area contributed by atoms with E-state index in [-0.39, 0.29) is 24.2 Å². The van der Waals surface area contributed by atoms with Crippen molar-refractivity contribution in [1.29, 1.82) is 0 Å². The Labute approximate surface area is 198 Å². The minimum atomic E-state index is -0.128. The Morgan fingerprint density at radius 3 is 2.82 bits per heavy atom. The molecule has 0 bridgehead atoms. The molecule has 3 N–H and O–H groups in total. The van der Waals surface area contributed by atoms with Gasteiger partial charge in [-0.25, -0.2) is 9.67 Å². The monoisotopic (exact) mass is 468 g/mol. The summed E-state index contributed by atoms with van der Waals surface area (Å²) < 4.78 is 9.00. The van der Waals surface area contributed by atoms with Crippen LogP contribution >= 0.6 is 11.3 Å². The SMILES string of the molecule is CC(C)(C)Nc1cc(NCC(=O)NC2CC2)c2sc(-c3ccnn3C3CCCCO3)cc2n1. The zero-order chi connectivity index (χ0) is 23.0. The van der Waals surface area contributed by atoms with Gasteiger partial charge in [-0.2, -0.15) is 5.10 Å². The zero-order valence-corrected chi connectivity index (χ0v) is 20.3. The number of hydrogen-bond acceptors (Lipinski definition) is 7. The second kappa shape index (κ2) is 8.95.